The molecule has 2 aliphatic heterocycles. The predicted molar refractivity (Wildman–Crippen MR) is 122 cm³/mol. The van der Waals surface area contributed by atoms with Gasteiger partial charge in [-0.25, -0.2) is 0 Å². The average molecular weight is 443 g/mol. The Morgan fingerprint density at radius 2 is 1.56 bits per heavy atom. The summed E-state index contributed by atoms with van der Waals surface area (Å²) in [6, 6.07) is 4.20. The zero-order chi connectivity index (χ0) is 22.9. The second kappa shape index (κ2) is 11.8. The van der Waals surface area contributed by atoms with Crippen molar-refractivity contribution < 1.29 is 19.2 Å². The Morgan fingerprint density at radius 3 is 2.22 bits per heavy atom. The van der Waals surface area contributed by atoms with Crippen LogP contribution in [0.4, 0.5) is 5.69 Å². The lowest BCUT2D eigenvalue weighted by Crippen LogP contribution is -2.54. The van der Waals surface area contributed by atoms with E-state index in [0.717, 1.165) is 30.7 Å². The Bertz CT molecular complexity index is 854. The third kappa shape index (κ3) is 5.73. The van der Waals surface area contributed by atoms with Gasteiger partial charge in [-0.3, -0.25) is 29.4 Å². The van der Waals surface area contributed by atoms with Crippen molar-refractivity contribution >= 4 is 29.3 Å². The van der Waals surface area contributed by atoms with Crippen LogP contribution in [0, 0.1) is 0 Å². The van der Waals surface area contributed by atoms with Crippen molar-refractivity contribution in [2.45, 2.75) is 76.7 Å². The van der Waals surface area contributed by atoms with Crippen LogP contribution >= 0.6 is 0 Å². The van der Waals surface area contributed by atoms with E-state index in [4.69, 9.17) is 5.73 Å². The number of rotatable bonds is 13. The highest BCUT2D eigenvalue weighted by molar-refractivity contribution is 6.25. The molecule has 0 aliphatic carbocycles. The van der Waals surface area contributed by atoms with E-state index in [9.17, 15) is 19.2 Å². The number of hydrogen-bond acceptors (Lipinski definition) is 6. The third-order valence-electron chi connectivity index (χ3n) is 6.16. The van der Waals surface area contributed by atoms with E-state index in [1.165, 1.54) is 38.5 Å². The highest BCUT2D eigenvalue weighted by Gasteiger charge is 2.45. The second-order valence-corrected chi connectivity index (χ2v) is 8.57. The maximum absolute atomic E-state index is 13.0. The van der Waals surface area contributed by atoms with E-state index in [1.807, 2.05) is 0 Å². The molecule has 3 rings (SSSR count). The SMILES string of the molecule is NCCCCCCCCCCCNc1cccc2c1C(=O)N(C1CCC(=O)NC1=O)C2=O. The molecule has 0 radical (unpaired) electrons. The summed E-state index contributed by atoms with van der Waals surface area (Å²) >= 11 is 0. The van der Waals surface area contributed by atoms with Crippen molar-refractivity contribution in [1.82, 2.24) is 10.2 Å². The van der Waals surface area contributed by atoms with E-state index < -0.39 is 23.8 Å². The molecule has 0 spiro atoms. The number of hydrogen-bond donors (Lipinski definition) is 3. The molecule has 1 aromatic carbocycles. The van der Waals surface area contributed by atoms with Gasteiger partial charge in [0.05, 0.1) is 11.1 Å². The van der Waals surface area contributed by atoms with Crippen LogP contribution in [0.3, 0.4) is 0 Å². The van der Waals surface area contributed by atoms with Gasteiger partial charge in [0.15, 0.2) is 0 Å². The van der Waals surface area contributed by atoms with Crippen LogP contribution in [0.2, 0.25) is 0 Å². The maximum atomic E-state index is 13.0. The molecule has 4 N–H and O–H groups in total. The molecule has 8 nitrogen and oxygen atoms in total. The van der Waals surface area contributed by atoms with Crippen LogP contribution in [-0.4, -0.2) is 47.7 Å². The standard InChI is InChI=1S/C24H34N4O4/c25-15-8-6-4-2-1-3-5-7-9-16-26-18-12-10-11-17-21(18)24(32)28(23(17)31)19-13-14-20(29)27-22(19)30/h10-12,19,26H,1-9,13-16,25H2,(H,27,29,30). The van der Waals surface area contributed by atoms with Gasteiger partial charge in [0.25, 0.3) is 11.8 Å². The molecule has 0 aromatic heterocycles. The molecule has 0 saturated carbocycles. The number of fused-ring (bicyclic) bond motifs is 1. The van der Waals surface area contributed by atoms with Crippen LogP contribution in [0.5, 0.6) is 0 Å². The summed E-state index contributed by atoms with van der Waals surface area (Å²) in [5, 5.41) is 5.52. The van der Waals surface area contributed by atoms with Crippen LogP contribution in [0.15, 0.2) is 18.2 Å². The number of unbranched alkanes of at least 4 members (excludes halogenated alkanes) is 8. The average Bonchev–Trinajstić information content (AvgIpc) is 3.03. The van der Waals surface area contributed by atoms with Gasteiger partial charge in [-0.15, -0.1) is 0 Å². The minimum atomic E-state index is -0.941. The normalized spacial score (nSPS) is 18.2. The number of nitrogens with one attached hydrogen (secondary N) is 2. The first-order chi connectivity index (χ1) is 15.5. The van der Waals surface area contributed by atoms with Crippen molar-refractivity contribution in [2.24, 2.45) is 5.73 Å². The number of carbonyl (C=O) groups excluding carboxylic acids is 4. The Morgan fingerprint density at radius 1 is 0.906 bits per heavy atom. The Kier molecular flexibility index (Phi) is 8.79. The molecule has 1 saturated heterocycles. The van der Waals surface area contributed by atoms with E-state index >= 15 is 0 Å². The number of nitrogens with zero attached hydrogens (tertiary/aromatic N) is 1. The molecular formula is C24H34N4O4. The van der Waals surface area contributed by atoms with Crippen molar-refractivity contribution in [3.05, 3.63) is 29.3 Å². The van der Waals surface area contributed by atoms with Gasteiger partial charge in [0, 0.05) is 18.7 Å². The van der Waals surface area contributed by atoms with Crippen molar-refractivity contribution in [3.8, 4) is 0 Å². The van der Waals surface area contributed by atoms with Crippen molar-refractivity contribution in [2.75, 3.05) is 18.4 Å². The Hall–Kier alpha value is -2.74. The van der Waals surface area contributed by atoms with Crippen LogP contribution in [0.25, 0.3) is 0 Å². The topological polar surface area (TPSA) is 122 Å². The van der Waals surface area contributed by atoms with E-state index in [1.54, 1.807) is 18.2 Å². The summed E-state index contributed by atoms with van der Waals surface area (Å²) in [6.07, 6.45) is 10.9. The smallest absolute Gasteiger partial charge is 0.264 e. The van der Waals surface area contributed by atoms with Crippen molar-refractivity contribution in [1.29, 1.82) is 0 Å². The summed E-state index contributed by atoms with van der Waals surface area (Å²) in [5.74, 6) is -1.92. The fourth-order valence-corrected chi connectivity index (χ4v) is 4.39. The fraction of sp³-hybridized carbons (Fsp3) is 0.583. The number of anilines is 1. The van der Waals surface area contributed by atoms with Crippen LogP contribution in [-0.2, 0) is 9.59 Å². The highest BCUT2D eigenvalue weighted by atomic mass is 16.2. The number of carbonyl (C=O) groups is 4. The van der Waals surface area contributed by atoms with Gasteiger partial charge in [-0.1, -0.05) is 51.0 Å². The third-order valence-corrected chi connectivity index (χ3v) is 6.16. The molecule has 2 aliphatic rings. The number of nitrogens with two attached hydrogens (primary N) is 1. The van der Waals surface area contributed by atoms with E-state index in [2.05, 4.69) is 10.6 Å². The lowest BCUT2D eigenvalue weighted by Gasteiger charge is -2.27. The monoisotopic (exact) mass is 442 g/mol. The Balaban J connectivity index is 1.47. The molecular weight excluding hydrogens is 408 g/mol. The zero-order valence-electron chi connectivity index (χ0n) is 18.7. The molecule has 1 aromatic rings. The summed E-state index contributed by atoms with van der Waals surface area (Å²) < 4.78 is 0. The van der Waals surface area contributed by atoms with E-state index in [-0.39, 0.29) is 18.7 Å². The lowest BCUT2D eigenvalue weighted by atomic mass is 10.0. The Labute approximate surface area is 189 Å². The summed E-state index contributed by atoms with van der Waals surface area (Å²) in [5.41, 5.74) is 6.75. The number of amides is 4. The van der Waals surface area contributed by atoms with Crippen LogP contribution in [0.1, 0.15) is 91.3 Å². The summed E-state index contributed by atoms with van der Waals surface area (Å²) in [6.45, 7) is 1.50. The lowest BCUT2D eigenvalue weighted by molar-refractivity contribution is -0.136. The molecule has 0 bridgehead atoms. The highest BCUT2D eigenvalue weighted by Crippen LogP contribution is 2.32. The number of imide groups is 2. The first-order valence-corrected chi connectivity index (χ1v) is 11.8. The molecule has 1 atom stereocenters. The van der Waals surface area contributed by atoms with Gasteiger partial charge in [0.2, 0.25) is 11.8 Å². The van der Waals surface area contributed by atoms with E-state index in [0.29, 0.717) is 23.4 Å². The number of benzene rings is 1. The van der Waals surface area contributed by atoms with Gasteiger partial charge < -0.3 is 11.1 Å². The van der Waals surface area contributed by atoms with Gasteiger partial charge in [-0.05, 0) is 37.9 Å². The second-order valence-electron chi connectivity index (χ2n) is 8.57. The maximum Gasteiger partial charge on any atom is 0.264 e. The molecule has 4 amide bonds. The van der Waals surface area contributed by atoms with Gasteiger partial charge >= 0.3 is 0 Å². The molecule has 32 heavy (non-hydrogen) atoms. The zero-order valence-corrected chi connectivity index (χ0v) is 18.7. The first kappa shape index (κ1) is 23.9. The first-order valence-electron chi connectivity index (χ1n) is 11.8. The fourth-order valence-electron chi connectivity index (χ4n) is 4.39. The molecule has 174 valence electrons. The summed E-state index contributed by atoms with van der Waals surface area (Å²) in [4.78, 5) is 50.5. The van der Waals surface area contributed by atoms with Crippen molar-refractivity contribution in [3.63, 3.8) is 0 Å². The molecule has 1 fully saturated rings. The minimum Gasteiger partial charge on any atom is -0.384 e. The molecule has 8 heteroatoms. The van der Waals surface area contributed by atoms with Gasteiger partial charge in [0.1, 0.15) is 6.04 Å². The van der Waals surface area contributed by atoms with Crippen LogP contribution < -0.4 is 16.4 Å². The molecule has 2 heterocycles. The molecule has 1 unspecified atom stereocenters. The largest absolute Gasteiger partial charge is 0.384 e. The summed E-state index contributed by atoms with van der Waals surface area (Å²) in [7, 11) is 0. The predicted octanol–water partition coefficient (Wildman–Crippen LogP) is 2.97. The number of piperidine rings is 1. The quantitative estimate of drug-likeness (QED) is 0.319. The van der Waals surface area contributed by atoms with Gasteiger partial charge in [-0.2, -0.15) is 0 Å². The minimum absolute atomic E-state index is 0.114.